The number of thiophene rings is 1. The van der Waals surface area contributed by atoms with Crippen LogP contribution in [-0.4, -0.2) is 17.3 Å². The van der Waals surface area contributed by atoms with Crippen molar-refractivity contribution in [3.8, 4) is 0 Å². The second kappa shape index (κ2) is 6.20. The maximum Gasteiger partial charge on any atom is 0.227 e. The molecule has 1 aliphatic rings. The SMILES string of the molecule is CC(CBr)C(C)NC(=O)C1CCCc2sccc21. The van der Waals surface area contributed by atoms with E-state index < -0.39 is 0 Å². The molecule has 100 valence electrons. The molecule has 0 radical (unpaired) electrons. The number of hydrogen-bond donors (Lipinski definition) is 1. The molecule has 0 spiro atoms. The van der Waals surface area contributed by atoms with Crippen LogP contribution in [0.5, 0.6) is 0 Å². The molecule has 3 unspecified atom stereocenters. The molecule has 1 heterocycles. The van der Waals surface area contributed by atoms with Gasteiger partial charge in [0.2, 0.25) is 5.91 Å². The largest absolute Gasteiger partial charge is 0.353 e. The molecule has 18 heavy (non-hydrogen) atoms. The zero-order valence-electron chi connectivity index (χ0n) is 10.9. The summed E-state index contributed by atoms with van der Waals surface area (Å²) in [5.74, 6) is 0.735. The van der Waals surface area contributed by atoms with Gasteiger partial charge in [0.25, 0.3) is 0 Å². The van der Waals surface area contributed by atoms with Crippen LogP contribution >= 0.6 is 27.3 Å². The Morgan fingerprint density at radius 2 is 2.39 bits per heavy atom. The van der Waals surface area contributed by atoms with Crippen LogP contribution in [0.15, 0.2) is 11.4 Å². The van der Waals surface area contributed by atoms with Gasteiger partial charge in [0, 0.05) is 16.2 Å². The van der Waals surface area contributed by atoms with Gasteiger partial charge in [-0.2, -0.15) is 0 Å². The van der Waals surface area contributed by atoms with Gasteiger partial charge < -0.3 is 5.32 Å². The Hall–Kier alpha value is -0.350. The van der Waals surface area contributed by atoms with Crippen LogP contribution in [0.4, 0.5) is 0 Å². The lowest BCUT2D eigenvalue weighted by atomic mass is 9.87. The van der Waals surface area contributed by atoms with E-state index in [1.807, 2.05) is 0 Å². The monoisotopic (exact) mass is 329 g/mol. The fourth-order valence-corrected chi connectivity index (χ4v) is 3.91. The summed E-state index contributed by atoms with van der Waals surface area (Å²) < 4.78 is 0. The van der Waals surface area contributed by atoms with Gasteiger partial charge >= 0.3 is 0 Å². The van der Waals surface area contributed by atoms with Crippen molar-refractivity contribution in [1.82, 2.24) is 5.32 Å². The summed E-state index contributed by atoms with van der Waals surface area (Å²) in [6, 6.07) is 2.35. The third-order valence-electron chi connectivity index (χ3n) is 3.84. The van der Waals surface area contributed by atoms with E-state index in [0.717, 1.165) is 24.6 Å². The predicted octanol–water partition coefficient (Wildman–Crippen LogP) is 3.70. The minimum atomic E-state index is 0.0741. The van der Waals surface area contributed by atoms with E-state index in [1.54, 1.807) is 11.3 Å². The number of amides is 1. The van der Waals surface area contributed by atoms with Gasteiger partial charge in [0.05, 0.1) is 5.92 Å². The Morgan fingerprint density at radius 3 is 3.11 bits per heavy atom. The van der Waals surface area contributed by atoms with Gasteiger partial charge in [-0.25, -0.2) is 0 Å². The number of carbonyl (C=O) groups is 1. The Kier molecular flexibility index (Phi) is 4.84. The first-order valence-electron chi connectivity index (χ1n) is 6.56. The van der Waals surface area contributed by atoms with Crippen molar-refractivity contribution in [3.63, 3.8) is 0 Å². The highest BCUT2D eigenvalue weighted by molar-refractivity contribution is 9.09. The van der Waals surface area contributed by atoms with Crippen LogP contribution in [0.2, 0.25) is 0 Å². The molecule has 0 saturated carbocycles. The molecule has 1 aromatic heterocycles. The number of rotatable bonds is 4. The van der Waals surface area contributed by atoms with Gasteiger partial charge in [0.1, 0.15) is 0 Å². The van der Waals surface area contributed by atoms with Crippen LogP contribution < -0.4 is 5.32 Å². The van der Waals surface area contributed by atoms with E-state index in [1.165, 1.54) is 10.4 Å². The Morgan fingerprint density at radius 1 is 1.61 bits per heavy atom. The summed E-state index contributed by atoms with van der Waals surface area (Å²) in [4.78, 5) is 13.8. The molecule has 0 aromatic carbocycles. The lowest BCUT2D eigenvalue weighted by molar-refractivity contribution is -0.123. The molecule has 1 amide bonds. The highest BCUT2D eigenvalue weighted by Crippen LogP contribution is 2.35. The molecular weight excluding hydrogens is 310 g/mol. The van der Waals surface area contributed by atoms with E-state index in [-0.39, 0.29) is 17.9 Å². The van der Waals surface area contributed by atoms with Crippen LogP contribution in [0.3, 0.4) is 0 Å². The fourth-order valence-electron chi connectivity index (χ4n) is 2.36. The number of hydrogen-bond acceptors (Lipinski definition) is 2. The molecule has 2 rings (SSSR count). The fraction of sp³-hybridized carbons (Fsp3) is 0.643. The van der Waals surface area contributed by atoms with Crippen LogP contribution in [0.25, 0.3) is 0 Å². The van der Waals surface area contributed by atoms with Crippen molar-refractivity contribution < 1.29 is 4.79 Å². The molecule has 0 aliphatic heterocycles. The maximum absolute atomic E-state index is 12.4. The van der Waals surface area contributed by atoms with Crippen LogP contribution in [0, 0.1) is 5.92 Å². The Bertz CT molecular complexity index is 418. The quantitative estimate of drug-likeness (QED) is 0.838. The lowest BCUT2D eigenvalue weighted by Gasteiger charge is -2.26. The van der Waals surface area contributed by atoms with Gasteiger partial charge in [-0.3, -0.25) is 4.79 Å². The molecular formula is C14H20BrNOS. The minimum absolute atomic E-state index is 0.0741. The van der Waals surface area contributed by atoms with Gasteiger partial charge in [-0.05, 0) is 49.1 Å². The Labute approximate surface area is 121 Å². The average molecular weight is 330 g/mol. The summed E-state index contributed by atoms with van der Waals surface area (Å²) >= 11 is 5.26. The average Bonchev–Trinajstić information content (AvgIpc) is 2.85. The first-order valence-corrected chi connectivity index (χ1v) is 8.56. The minimum Gasteiger partial charge on any atom is -0.353 e. The smallest absolute Gasteiger partial charge is 0.227 e. The maximum atomic E-state index is 12.4. The highest BCUT2D eigenvalue weighted by atomic mass is 79.9. The number of alkyl halides is 1. The number of aryl methyl sites for hydroxylation is 1. The van der Waals surface area contributed by atoms with E-state index in [0.29, 0.717) is 5.92 Å². The molecule has 1 N–H and O–H groups in total. The van der Waals surface area contributed by atoms with Crippen molar-refractivity contribution in [3.05, 3.63) is 21.9 Å². The molecule has 0 fully saturated rings. The van der Waals surface area contributed by atoms with Crippen molar-refractivity contribution in [2.45, 2.75) is 45.1 Å². The van der Waals surface area contributed by atoms with E-state index in [9.17, 15) is 4.79 Å². The predicted molar refractivity (Wildman–Crippen MR) is 80.6 cm³/mol. The van der Waals surface area contributed by atoms with Crippen LogP contribution in [0.1, 0.15) is 43.0 Å². The van der Waals surface area contributed by atoms with E-state index in [2.05, 4.69) is 46.5 Å². The second-order valence-corrected chi connectivity index (χ2v) is 6.82. The highest BCUT2D eigenvalue weighted by Gasteiger charge is 2.28. The van der Waals surface area contributed by atoms with E-state index >= 15 is 0 Å². The first kappa shape index (κ1) is 14.1. The zero-order chi connectivity index (χ0) is 13.1. The summed E-state index contributed by atoms with van der Waals surface area (Å²) in [5.41, 5.74) is 1.27. The van der Waals surface area contributed by atoms with Crippen molar-refractivity contribution >= 4 is 33.2 Å². The third-order valence-corrected chi connectivity index (χ3v) is 5.85. The van der Waals surface area contributed by atoms with Crippen molar-refractivity contribution in [1.29, 1.82) is 0 Å². The van der Waals surface area contributed by atoms with Gasteiger partial charge in [-0.1, -0.05) is 22.9 Å². The zero-order valence-corrected chi connectivity index (χ0v) is 13.3. The third kappa shape index (κ3) is 2.97. The molecule has 0 saturated heterocycles. The van der Waals surface area contributed by atoms with E-state index in [4.69, 9.17) is 0 Å². The lowest BCUT2D eigenvalue weighted by Crippen LogP contribution is -2.41. The molecule has 2 nitrogen and oxygen atoms in total. The van der Waals surface area contributed by atoms with Crippen molar-refractivity contribution in [2.75, 3.05) is 5.33 Å². The standard InChI is InChI=1S/C14H20BrNOS/c1-9(8-15)10(2)16-14(17)12-4-3-5-13-11(12)6-7-18-13/h6-7,9-10,12H,3-5,8H2,1-2H3,(H,16,17). The van der Waals surface area contributed by atoms with Gasteiger partial charge in [0.15, 0.2) is 0 Å². The Balaban J connectivity index is 2.03. The summed E-state index contributed by atoms with van der Waals surface area (Å²) in [6.45, 7) is 4.23. The molecule has 3 atom stereocenters. The number of carbonyl (C=O) groups excluding carboxylic acids is 1. The summed E-state index contributed by atoms with van der Waals surface area (Å²) in [5, 5.41) is 6.20. The molecule has 0 bridgehead atoms. The topological polar surface area (TPSA) is 29.1 Å². The first-order chi connectivity index (χ1) is 8.63. The summed E-state index contributed by atoms with van der Waals surface area (Å²) in [7, 11) is 0. The number of fused-ring (bicyclic) bond motifs is 1. The molecule has 4 heteroatoms. The molecule has 1 aliphatic carbocycles. The molecule has 1 aromatic rings. The summed E-state index contributed by atoms with van der Waals surface area (Å²) in [6.07, 6.45) is 3.27. The number of nitrogens with one attached hydrogen (secondary N) is 1. The normalized spacial score (nSPS) is 22.1. The van der Waals surface area contributed by atoms with Gasteiger partial charge in [-0.15, -0.1) is 11.3 Å². The second-order valence-electron chi connectivity index (χ2n) is 5.17. The van der Waals surface area contributed by atoms with Crippen LogP contribution in [-0.2, 0) is 11.2 Å². The van der Waals surface area contributed by atoms with Crippen molar-refractivity contribution in [2.24, 2.45) is 5.92 Å². The number of halogens is 1.